The van der Waals surface area contributed by atoms with Crippen molar-refractivity contribution in [2.75, 3.05) is 6.54 Å². The van der Waals surface area contributed by atoms with Gasteiger partial charge >= 0.3 is 6.18 Å². The number of benzene rings is 1. The van der Waals surface area contributed by atoms with Crippen molar-refractivity contribution in [3.05, 3.63) is 53.7 Å². The van der Waals surface area contributed by atoms with Crippen molar-refractivity contribution >= 4 is 0 Å². The molecule has 1 aromatic carbocycles. The SMILES string of the molecule is CCNCc1ccnc(Oc2ccccc2C(F)(F)F)c1. The molecule has 0 atom stereocenters. The summed E-state index contributed by atoms with van der Waals surface area (Å²) in [6, 6.07) is 8.48. The van der Waals surface area contributed by atoms with E-state index in [1.54, 1.807) is 12.1 Å². The van der Waals surface area contributed by atoms with Crippen LogP contribution in [-0.2, 0) is 12.7 Å². The highest BCUT2D eigenvalue weighted by Gasteiger charge is 2.34. The minimum Gasteiger partial charge on any atom is -0.438 e. The van der Waals surface area contributed by atoms with Crippen LogP contribution in [0.2, 0.25) is 0 Å². The summed E-state index contributed by atoms with van der Waals surface area (Å²) >= 11 is 0. The highest BCUT2D eigenvalue weighted by atomic mass is 19.4. The van der Waals surface area contributed by atoms with Gasteiger partial charge in [-0.15, -0.1) is 0 Å². The largest absolute Gasteiger partial charge is 0.438 e. The van der Waals surface area contributed by atoms with E-state index in [9.17, 15) is 13.2 Å². The topological polar surface area (TPSA) is 34.2 Å². The summed E-state index contributed by atoms with van der Waals surface area (Å²) in [6.07, 6.45) is -2.95. The molecule has 0 spiro atoms. The first-order valence-corrected chi connectivity index (χ1v) is 6.50. The zero-order valence-corrected chi connectivity index (χ0v) is 11.4. The summed E-state index contributed by atoms with van der Waals surface area (Å²) in [5.74, 6) is -0.111. The van der Waals surface area contributed by atoms with E-state index in [0.29, 0.717) is 6.54 Å². The predicted molar refractivity (Wildman–Crippen MR) is 73.1 cm³/mol. The molecule has 6 heteroatoms. The quantitative estimate of drug-likeness (QED) is 0.905. The molecule has 2 aromatic rings. The predicted octanol–water partition coefficient (Wildman–Crippen LogP) is 4.00. The molecule has 21 heavy (non-hydrogen) atoms. The highest BCUT2D eigenvalue weighted by molar-refractivity contribution is 5.38. The minimum absolute atomic E-state index is 0.141. The van der Waals surface area contributed by atoms with Crippen molar-refractivity contribution in [1.29, 1.82) is 0 Å². The maximum Gasteiger partial charge on any atom is 0.419 e. The number of hydrogen-bond donors (Lipinski definition) is 1. The standard InChI is InChI=1S/C15H15F3N2O/c1-2-19-10-11-7-8-20-14(9-11)21-13-6-4-3-5-12(13)15(16,17)18/h3-9,19H,2,10H2,1H3. The molecular weight excluding hydrogens is 281 g/mol. The lowest BCUT2D eigenvalue weighted by Gasteiger charge is -2.13. The van der Waals surface area contributed by atoms with Gasteiger partial charge in [-0.25, -0.2) is 4.98 Å². The third-order valence-electron chi connectivity index (χ3n) is 2.79. The molecule has 0 unspecified atom stereocenters. The average molecular weight is 296 g/mol. The Morgan fingerprint density at radius 1 is 1.19 bits per heavy atom. The molecule has 112 valence electrons. The molecule has 0 radical (unpaired) electrons. The van der Waals surface area contributed by atoms with Gasteiger partial charge in [0.1, 0.15) is 5.75 Å². The van der Waals surface area contributed by atoms with Gasteiger partial charge in [-0.05, 0) is 30.3 Å². The van der Waals surface area contributed by atoms with Gasteiger partial charge in [0.2, 0.25) is 5.88 Å². The van der Waals surface area contributed by atoms with E-state index in [2.05, 4.69) is 10.3 Å². The van der Waals surface area contributed by atoms with Crippen molar-refractivity contribution in [1.82, 2.24) is 10.3 Å². The maximum atomic E-state index is 12.9. The highest BCUT2D eigenvalue weighted by Crippen LogP contribution is 2.37. The van der Waals surface area contributed by atoms with E-state index < -0.39 is 11.7 Å². The Bertz CT molecular complexity index is 599. The third-order valence-corrected chi connectivity index (χ3v) is 2.79. The van der Waals surface area contributed by atoms with Crippen LogP contribution in [-0.4, -0.2) is 11.5 Å². The molecule has 0 aliphatic rings. The van der Waals surface area contributed by atoms with E-state index in [-0.39, 0.29) is 11.6 Å². The minimum atomic E-state index is -4.46. The molecular formula is C15H15F3N2O. The molecule has 0 bridgehead atoms. The van der Waals surface area contributed by atoms with E-state index in [1.165, 1.54) is 24.4 Å². The summed E-state index contributed by atoms with van der Waals surface area (Å²) in [4.78, 5) is 3.95. The van der Waals surface area contributed by atoms with Crippen molar-refractivity contribution in [3.8, 4) is 11.6 Å². The number of alkyl halides is 3. The van der Waals surface area contributed by atoms with Gasteiger partial charge in [0.05, 0.1) is 5.56 Å². The summed E-state index contributed by atoms with van der Waals surface area (Å²) < 4.78 is 44.0. The van der Waals surface area contributed by atoms with Crippen molar-refractivity contribution in [3.63, 3.8) is 0 Å². The summed E-state index contributed by atoms with van der Waals surface area (Å²) in [5.41, 5.74) is 0.0789. The monoisotopic (exact) mass is 296 g/mol. The lowest BCUT2D eigenvalue weighted by Crippen LogP contribution is -2.11. The van der Waals surface area contributed by atoms with Gasteiger partial charge in [0.15, 0.2) is 0 Å². The molecule has 1 heterocycles. The Kier molecular flexibility index (Phi) is 4.80. The van der Waals surface area contributed by atoms with E-state index in [1.807, 2.05) is 6.92 Å². The molecule has 1 aromatic heterocycles. The van der Waals surface area contributed by atoms with Crippen LogP contribution in [0.5, 0.6) is 11.6 Å². The van der Waals surface area contributed by atoms with Crippen LogP contribution in [0, 0.1) is 0 Å². The molecule has 3 nitrogen and oxygen atoms in total. The second kappa shape index (κ2) is 6.58. The summed E-state index contributed by atoms with van der Waals surface area (Å²) in [5, 5.41) is 3.13. The van der Waals surface area contributed by atoms with Crippen LogP contribution < -0.4 is 10.1 Å². The van der Waals surface area contributed by atoms with Crippen LogP contribution in [0.1, 0.15) is 18.1 Å². The zero-order chi connectivity index (χ0) is 15.3. The van der Waals surface area contributed by atoms with E-state index in [4.69, 9.17) is 4.74 Å². The van der Waals surface area contributed by atoms with Gasteiger partial charge in [0, 0.05) is 18.8 Å². The first kappa shape index (κ1) is 15.3. The van der Waals surface area contributed by atoms with Crippen LogP contribution in [0.25, 0.3) is 0 Å². The Hall–Kier alpha value is -2.08. The Labute approximate surface area is 120 Å². The third kappa shape index (κ3) is 4.19. The lowest BCUT2D eigenvalue weighted by molar-refractivity contribution is -0.138. The van der Waals surface area contributed by atoms with Gasteiger partial charge in [-0.2, -0.15) is 13.2 Å². The zero-order valence-electron chi connectivity index (χ0n) is 11.4. The molecule has 0 saturated heterocycles. The summed E-state index contributed by atoms with van der Waals surface area (Å²) in [7, 11) is 0. The molecule has 0 saturated carbocycles. The molecule has 1 N–H and O–H groups in total. The number of halogens is 3. The molecule has 0 fully saturated rings. The van der Waals surface area contributed by atoms with Crippen molar-refractivity contribution in [2.24, 2.45) is 0 Å². The average Bonchev–Trinajstić information content (AvgIpc) is 2.45. The van der Waals surface area contributed by atoms with Gasteiger partial charge < -0.3 is 10.1 Å². The number of nitrogens with one attached hydrogen (secondary N) is 1. The van der Waals surface area contributed by atoms with Crippen molar-refractivity contribution in [2.45, 2.75) is 19.6 Å². The molecule has 0 aliphatic carbocycles. The second-order valence-corrected chi connectivity index (χ2v) is 4.38. The number of ether oxygens (including phenoxy) is 1. The van der Waals surface area contributed by atoms with Crippen LogP contribution >= 0.6 is 0 Å². The fourth-order valence-electron chi connectivity index (χ4n) is 1.79. The van der Waals surface area contributed by atoms with E-state index in [0.717, 1.165) is 18.2 Å². The fourth-order valence-corrected chi connectivity index (χ4v) is 1.79. The van der Waals surface area contributed by atoms with Crippen LogP contribution in [0.15, 0.2) is 42.6 Å². The summed E-state index contributed by atoms with van der Waals surface area (Å²) in [6.45, 7) is 3.38. The molecule has 2 rings (SSSR count). The maximum absolute atomic E-state index is 12.9. The fraction of sp³-hybridized carbons (Fsp3) is 0.267. The van der Waals surface area contributed by atoms with Gasteiger partial charge in [0.25, 0.3) is 0 Å². The smallest absolute Gasteiger partial charge is 0.419 e. The van der Waals surface area contributed by atoms with Crippen LogP contribution in [0.3, 0.4) is 0 Å². The van der Waals surface area contributed by atoms with Crippen molar-refractivity contribution < 1.29 is 17.9 Å². The Morgan fingerprint density at radius 3 is 2.67 bits per heavy atom. The molecule has 0 amide bonds. The first-order valence-electron chi connectivity index (χ1n) is 6.50. The number of pyridine rings is 1. The van der Waals surface area contributed by atoms with E-state index >= 15 is 0 Å². The first-order chi connectivity index (χ1) is 10.0. The normalized spacial score (nSPS) is 11.4. The Balaban J connectivity index is 2.23. The number of rotatable bonds is 5. The Morgan fingerprint density at radius 2 is 1.95 bits per heavy atom. The number of nitrogens with zero attached hydrogens (tertiary/aromatic N) is 1. The number of aromatic nitrogens is 1. The van der Waals surface area contributed by atoms with Gasteiger partial charge in [-0.3, -0.25) is 0 Å². The van der Waals surface area contributed by atoms with Crippen LogP contribution in [0.4, 0.5) is 13.2 Å². The van der Waals surface area contributed by atoms with Gasteiger partial charge in [-0.1, -0.05) is 19.1 Å². The molecule has 0 aliphatic heterocycles. The number of hydrogen-bond acceptors (Lipinski definition) is 3. The second-order valence-electron chi connectivity index (χ2n) is 4.38. The lowest BCUT2D eigenvalue weighted by atomic mass is 10.2. The number of para-hydroxylation sites is 1.